The van der Waals surface area contributed by atoms with E-state index >= 15 is 0 Å². The van der Waals surface area contributed by atoms with Crippen molar-refractivity contribution in [3.8, 4) is 0 Å². The van der Waals surface area contributed by atoms with Crippen molar-refractivity contribution in [3.05, 3.63) is 0 Å². The second-order valence-corrected chi connectivity index (χ2v) is 5.05. The molecule has 0 saturated carbocycles. The summed E-state index contributed by atoms with van der Waals surface area (Å²) < 4.78 is 0. The van der Waals surface area contributed by atoms with Gasteiger partial charge in [-0.2, -0.15) is 0 Å². The third-order valence-corrected chi connectivity index (χ3v) is 3.11. The van der Waals surface area contributed by atoms with Gasteiger partial charge in [0.05, 0.1) is 11.0 Å². The molecule has 1 fully saturated rings. The molecule has 4 heteroatoms. The lowest BCUT2D eigenvalue weighted by Gasteiger charge is -2.24. The van der Waals surface area contributed by atoms with E-state index in [0.29, 0.717) is 17.3 Å². The van der Waals surface area contributed by atoms with Gasteiger partial charge in [-0.3, -0.25) is 4.79 Å². The van der Waals surface area contributed by atoms with Crippen LogP contribution in [-0.4, -0.2) is 28.4 Å². The van der Waals surface area contributed by atoms with Crippen molar-refractivity contribution >= 4 is 23.1 Å². The van der Waals surface area contributed by atoms with Crippen molar-refractivity contribution < 1.29 is 4.79 Å². The SMILES string of the molecule is CC(C)CCC(=O)N1CCCC1C(N)=S. The van der Waals surface area contributed by atoms with E-state index in [1.807, 2.05) is 4.90 Å². The van der Waals surface area contributed by atoms with Crippen LogP contribution in [0.1, 0.15) is 39.5 Å². The monoisotopic (exact) mass is 228 g/mol. The second kappa shape index (κ2) is 5.45. The van der Waals surface area contributed by atoms with Crippen molar-refractivity contribution in [1.29, 1.82) is 0 Å². The van der Waals surface area contributed by atoms with E-state index in [1.165, 1.54) is 0 Å². The summed E-state index contributed by atoms with van der Waals surface area (Å²) >= 11 is 4.97. The van der Waals surface area contributed by atoms with Gasteiger partial charge < -0.3 is 10.6 Å². The van der Waals surface area contributed by atoms with E-state index in [-0.39, 0.29) is 11.9 Å². The maximum atomic E-state index is 11.9. The fourth-order valence-electron chi connectivity index (χ4n) is 1.92. The number of amides is 1. The third kappa shape index (κ3) is 3.45. The number of likely N-dealkylation sites (tertiary alicyclic amines) is 1. The summed E-state index contributed by atoms with van der Waals surface area (Å²) in [5.74, 6) is 0.777. The number of nitrogens with two attached hydrogens (primary N) is 1. The molecule has 1 rings (SSSR count). The highest BCUT2D eigenvalue weighted by Gasteiger charge is 2.29. The average Bonchev–Trinajstić information content (AvgIpc) is 2.62. The van der Waals surface area contributed by atoms with Crippen LogP contribution >= 0.6 is 12.2 Å². The summed E-state index contributed by atoms with van der Waals surface area (Å²) in [6.07, 6.45) is 3.52. The van der Waals surface area contributed by atoms with Gasteiger partial charge in [0, 0.05) is 13.0 Å². The van der Waals surface area contributed by atoms with E-state index in [1.54, 1.807) is 0 Å². The Labute approximate surface area is 97.0 Å². The third-order valence-electron chi connectivity index (χ3n) is 2.84. The molecule has 1 atom stereocenters. The topological polar surface area (TPSA) is 46.3 Å². The zero-order chi connectivity index (χ0) is 11.4. The first-order valence-corrected chi connectivity index (χ1v) is 6.02. The molecule has 0 spiro atoms. The van der Waals surface area contributed by atoms with Gasteiger partial charge >= 0.3 is 0 Å². The molecule has 0 aromatic heterocycles. The lowest BCUT2D eigenvalue weighted by atomic mass is 10.1. The van der Waals surface area contributed by atoms with E-state index in [4.69, 9.17) is 18.0 Å². The lowest BCUT2D eigenvalue weighted by molar-refractivity contribution is -0.131. The first-order valence-electron chi connectivity index (χ1n) is 5.61. The van der Waals surface area contributed by atoms with Crippen molar-refractivity contribution in [2.45, 2.75) is 45.6 Å². The molecule has 1 aliphatic rings. The van der Waals surface area contributed by atoms with Crippen LogP contribution in [0.4, 0.5) is 0 Å². The van der Waals surface area contributed by atoms with Gasteiger partial charge in [-0.15, -0.1) is 0 Å². The van der Waals surface area contributed by atoms with Crippen LogP contribution in [0, 0.1) is 5.92 Å². The molecule has 1 saturated heterocycles. The number of rotatable bonds is 4. The van der Waals surface area contributed by atoms with Gasteiger partial charge in [0.25, 0.3) is 0 Å². The van der Waals surface area contributed by atoms with E-state index in [9.17, 15) is 4.79 Å². The van der Waals surface area contributed by atoms with Crippen LogP contribution in [0.15, 0.2) is 0 Å². The molecule has 86 valence electrons. The molecule has 1 aliphatic heterocycles. The Morgan fingerprint density at radius 2 is 2.27 bits per heavy atom. The van der Waals surface area contributed by atoms with Gasteiger partial charge in [0.15, 0.2) is 0 Å². The fraction of sp³-hybridized carbons (Fsp3) is 0.818. The van der Waals surface area contributed by atoms with Crippen LogP contribution in [0.25, 0.3) is 0 Å². The van der Waals surface area contributed by atoms with Crippen molar-refractivity contribution in [2.24, 2.45) is 11.7 Å². The largest absolute Gasteiger partial charge is 0.392 e. The van der Waals surface area contributed by atoms with Crippen molar-refractivity contribution in [3.63, 3.8) is 0 Å². The predicted molar refractivity (Wildman–Crippen MR) is 65.6 cm³/mol. The number of hydrogen-bond donors (Lipinski definition) is 1. The summed E-state index contributed by atoms with van der Waals surface area (Å²) in [5.41, 5.74) is 5.62. The fourth-order valence-corrected chi connectivity index (χ4v) is 2.16. The minimum Gasteiger partial charge on any atom is -0.392 e. The standard InChI is InChI=1S/C11H20N2OS/c1-8(2)5-6-10(14)13-7-3-4-9(13)11(12)15/h8-9H,3-7H2,1-2H3,(H2,12,15). The smallest absolute Gasteiger partial charge is 0.223 e. The van der Waals surface area contributed by atoms with Crippen LogP contribution < -0.4 is 5.73 Å². The Hall–Kier alpha value is -0.640. The normalized spacial score (nSPS) is 21.0. The van der Waals surface area contributed by atoms with E-state index in [0.717, 1.165) is 25.8 Å². The Balaban J connectivity index is 2.47. The minimum absolute atomic E-state index is 0.0136. The predicted octanol–water partition coefficient (Wildman–Crippen LogP) is 1.70. The molecule has 1 amide bonds. The molecule has 3 nitrogen and oxygen atoms in total. The maximum absolute atomic E-state index is 11.9. The molecule has 0 bridgehead atoms. The molecular weight excluding hydrogens is 208 g/mol. The van der Waals surface area contributed by atoms with Crippen molar-refractivity contribution in [1.82, 2.24) is 4.90 Å². The first-order chi connectivity index (χ1) is 7.02. The number of hydrogen-bond acceptors (Lipinski definition) is 2. The van der Waals surface area contributed by atoms with Gasteiger partial charge in [-0.1, -0.05) is 26.1 Å². The molecule has 0 aromatic rings. The van der Waals surface area contributed by atoms with Crippen molar-refractivity contribution in [2.75, 3.05) is 6.54 Å². The zero-order valence-electron chi connectivity index (χ0n) is 9.53. The Bertz CT molecular complexity index is 253. The van der Waals surface area contributed by atoms with Crippen LogP contribution in [0.2, 0.25) is 0 Å². The Morgan fingerprint density at radius 1 is 1.60 bits per heavy atom. The highest BCUT2D eigenvalue weighted by molar-refractivity contribution is 7.80. The average molecular weight is 228 g/mol. The molecule has 1 heterocycles. The molecular formula is C11H20N2OS. The lowest BCUT2D eigenvalue weighted by Crippen LogP contribution is -2.42. The molecule has 1 unspecified atom stereocenters. The molecule has 2 N–H and O–H groups in total. The molecule has 0 radical (unpaired) electrons. The highest BCUT2D eigenvalue weighted by atomic mass is 32.1. The van der Waals surface area contributed by atoms with Gasteiger partial charge in [0.1, 0.15) is 0 Å². The maximum Gasteiger partial charge on any atom is 0.223 e. The summed E-state index contributed by atoms with van der Waals surface area (Å²) in [7, 11) is 0. The Morgan fingerprint density at radius 3 is 2.80 bits per heavy atom. The minimum atomic E-state index is 0.0136. The Kier molecular flexibility index (Phi) is 4.51. The van der Waals surface area contributed by atoms with E-state index in [2.05, 4.69) is 13.8 Å². The second-order valence-electron chi connectivity index (χ2n) is 4.58. The van der Waals surface area contributed by atoms with Gasteiger partial charge in [-0.05, 0) is 25.2 Å². The summed E-state index contributed by atoms with van der Waals surface area (Å²) in [6, 6.07) is 0.0136. The number of nitrogens with zero attached hydrogens (tertiary/aromatic N) is 1. The van der Waals surface area contributed by atoms with Gasteiger partial charge in [-0.25, -0.2) is 0 Å². The quantitative estimate of drug-likeness (QED) is 0.745. The number of thiocarbonyl (C=S) groups is 1. The van der Waals surface area contributed by atoms with Crippen LogP contribution in [-0.2, 0) is 4.79 Å². The first kappa shape index (κ1) is 12.4. The highest BCUT2D eigenvalue weighted by Crippen LogP contribution is 2.19. The molecule has 0 aromatic carbocycles. The molecule has 15 heavy (non-hydrogen) atoms. The zero-order valence-corrected chi connectivity index (χ0v) is 10.3. The number of carbonyl (C=O) groups is 1. The van der Waals surface area contributed by atoms with Crippen LogP contribution in [0.3, 0.4) is 0 Å². The summed E-state index contributed by atoms with van der Waals surface area (Å²) in [5, 5.41) is 0. The van der Waals surface area contributed by atoms with Gasteiger partial charge in [0.2, 0.25) is 5.91 Å². The summed E-state index contributed by atoms with van der Waals surface area (Å²) in [4.78, 5) is 14.2. The molecule has 0 aliphatic carbocycles. The number of carbonyl (C=O) groups excluding carboxylic acids is 1. The summed E-state index contributed by atoms with van der Waals surface area (Å²) in [6.45, 7) is 5.07. The van der Waals surface area contributed by atoms with Crippen LogP contribution in [0.5, 0.6) is 0 Å². The van der Waals surface area contributed by atoms with E-state index < -0.39 is 0 Å².